The van der Waals surface area contributed by atoms with Gasteiger partial charge in [-0.3, -0.25) is 9.89 Å². The van der Waals surface area contributed by atoms with Crippen molar-refractivity contribution in [1.82, 2.24) is 20.1 Å². The molecule has 1 aliphatic rings. The van der Waals surface area contributed by atoms with E-state index in [1.165, 1.54) is 0 Å². The van der Waals surface area contributed by atoms with Gasteiger partial charge in [-0.25, -0.2) is 4.98 Å². The summed E-state index contributed by atoms with van der Waals surface area (Å²) in [5.74, 6) is -0.111. The number of nitrogens with zero attached hydrogens (tertiary/aromatic N) is 3. The lowest BCUT2D eigenvalue weighted by Crippen LogP contribution is -2.30. The van der Waals surface area contributed by atoms with Crippen LogP contribution in [0.3, 0.4) is 0 Å². The number of H-pyrrole nitrogens is 1. The number of rotatable bonds is 3. The summed E-state index contributed by atoms with van der Waals surface area (Å²) in [6.07, 6.45) is 0.141. The molecule has 3 rings (SSSR count). The highest BCUT2D eigenvalue weighted by atomic mass is 16.3. The Balaban J connectivity index is 1.68. The number of β-amino-alcohol motifs (C(OH)–C–C–N with tert-alkyl or cyclic N) is 1. The van der Waals surface area contributed by atoms with Crippen LogP contribution in [0, 0.1) is 19.8 Å². The third-order valence-electron chi connectivity index (χ3n) is 4.03. The minimum Gasteiger partial charge on any atom is -0.391 e. The number of carbonyl (C=O) groups excluding carboxylic acids is 1. The van der Waals surface area contributed by atoms with Crippen molar-refractivity contribution >= 4 is 5.91 Å². The van der Waals surface area contributed by atoms with Crippen LogP contribution in [0.2, 0.25) is 0 Å². The summed E-state index contributed by atoms with van der Waals surface area (Å²) in [5, 5.41) is 17.3. The lowest BCUT2D eigenvalue weighted by atomic mass is 10.0. The summed E-state index contributed by atoms with van der Waals surface area (Å²) in [7, 11) is 0. The standard InChI is InChI=1S/C16H20N4O2/c1-10-4-3-5-14(17-10)16(22)20-8-12(15(21)9-20)7-13-6-11(2)18-19-13/h3-6,12,15,21H,7-9H2,1-2H3,(H,18,19)/t12-,15+/m1/s1. The minimum atomic E-state index is -0.522. The average Bonchev–Trinajstić information content (AvgIpc) is 3.05. The number of hydrogen-bond acceptors (Lipinski definition) is 4. The maximum Gasteiger partial charge on any atom is 0.272 e. The number of aliphatic hydroxyl groups is 1. The molecule has 0 radical (unpaired) electrons. The monoisotopic (exact) mass is 300 g/mol. The van der Waals surface area contributed by atoms with E-state index < -0.39 is 6.10 Å². The number of carbonyl (C=O) groups is 1. The highest BCUT2D eigenvalue weighted by Crippen LogP contribution is 2.22. The van der Waals surface area contributed by atoms with Crippen LogP contribution in [0.25, 0.3) is 0 Å². The third kappa shape index (κ3) is 3.01. The van der Waals surface area contributed by atoms with Crippen LogP contribution in [0.15, 0.2) is 24.3 Å². The summed E-state index contributed by atoms with van der Waals surface area (Å²) in [5.41, 5.74) is 3.17. The summed E-state index contributed by atoms with van der Waals surface area (Å²) in [6.45, 7) is 4.68. The predicted molar refractivity (Wildman–Crippen MR) is 81.4 cm³/mol. The van der Waals surface area contributed by atoms with Crippen molar-refractivity contribution in [2.75, 3.05) is 13.1 Å². The van der Waals surface area contributed by atoms with E-state index in [9.17, 15) is 9.90 Å². The number of aryl methyl sites for hydroxylation is 2. The van der Waals surface area contributed by atoms with Crippen molar-refractivity contribution in [2.24, 2.45) is 5.92 Å². The first-order chi connectivity index (χ1) is 10.5. The molecule has 0 aromatic carbocycles. The van der Waals surface area contributed by atoms with Crippen molar-refractivity contribution in [3.8, 4) is 0 Å². The fraction of sp³-hybridized carbons (Fsp3) is 0.438. The van der Waals surface area contributed by atoms with Gasteiger partial charge in [-0.2, -0.15) is 5.10 Å². The quantitative estimate of drug-likeness (QED) is 0.889. The van der Waals surface area contributed by atoms with Crippen molar-refractivity contribution in [2.45, 2.75) is 26.4 Å². The van der Waals surface area contributed by atoms with E-state index in [2.05, 4.69) is 15.2 Å². The molecule has 0 saturated carbocycles. The van der Waals surface area contributed by atoms with Crippen LogP contribution in [0.5, 0.6) is 0 Å². The molecule has 1 fully saturated rings. The maximum atomic E-state index is 12.5. The highest BCUT2D eigenvalue weighted by molar-refractivity contribution is 5.92. The molecule has 3 heterocycles. The smallest absolute Gasteiger partial charge is 0.272 e. The molecular formula is C16H20N4O2. The lowest BCUT2D eigenvalue weighted by Gasteiger charge is -2.15. The Morgan fingerprint density at radius 3 is 2.91 bits per heavy atom. The topological polar surface area (TPSA) is 82.1 Å². The first kappa shape index (κ1) is 14.7. The molecule has 2 aromatic heterocycles. The van der Waals surface area contributed by atoms with Crippen molar-refractivity contribution < 1.29 is 9.90 Å². The number of hydrogen-bond donors (Lipinski definition) is 2. The molecule has 116 valence electrons. The van der Waals surface area contributed by atoms with Gasteiger partial charge in [-0.05, 0) is 38.5 Å². The van der Waals surface area contributed by atoms with Gasteiger partial charge in [-0.1, -0.05) is 6.07 Å². The van der Waals surface area contributed by atoms with E-state index in [-0.39, 0.29) is 11.8 Å². The Hall–Kier alpha value is -2.21. The molecule has 2 aromatic rings. The van der Waals surface area contributed by atoms with Gasteiger partial charge in [0.25, 0.3) is 5.91 Å². The van der Waals surface area contributed by atoms with Crippen molar-refractivity contribution in [3.05, 3.63) is 47.0 Å². The zero-order valence-electron chi connectivity index (χ0n) is 12.8. The summed E-state index contributed by atoms with van der Waals surface area (Å²) in [4.78, 5) is 18.4. The largest absolute Gasteiger partial charge is 0.391 e. The lowest BCUT2D eigenvalue weighted by molar-refractivity contribution is 0.0758. The molecule has 6 nitrogen and oxygen atoms in total. The normalized spacial score (nSPS) is 21.3. The molecule has 0 bridgehead atoms. The Morgan fingerprint density at radius 2 is 2.23 bits per heavy atom. The number of aromatic nitrogens is 3. The summed E-state index contributed by atoms with van der Waals surface area (Å²) in [6, 6.07) is 7.37. The molecule has 1 saturated heterocycles. The van der Waals surface area contributed by atoms with Crippen LogP contribution in [-0.4, -0.2) is 50.3 Å². The van der Waals surface area contributed by atoms with E-state index in [0.717, 1.165) is 17.1 Å². The molecule has 6 heteroatoms. The molecule has 0 spiro atoms. The first-order valence-corrected chi connectivity index (χ1v) is 7.45. The number of likely N-dealkylation sites (tertiary alicyclic amines) is 1. The van der Waals surface area contributed by atoms with Gasteiger partial charge in [0.1, 0.15) is 5.69 Å². The zero-order chi connectivity index (χ0) is 15.7. The Labute approximate surface area is 129 Å². The molecule has 1 amide bonds. The minimum absolute atomic E-state index is 0.0106. The number of aliphatic hydroxyl groups excluding tert-OH is 1. The van der Waals surface area contributed by atoms with Gasteiger partial charge in [-0.15, -0.1) is 0 Å². The fourth-order valence-electron chi connectivity index (χ4n) is 2.89. The molecule has 1 aliphatic heterocycles. The van der Waals surface area contributed by atoms with Gasteiger partial charge >= 0.3 is 0 Å². The highest BCUT2D eigenvalue weighted by Gasteiger charge is 2.35. The van der Waals surface area contributed by atoms with Crippen LogP contribution >= 0.6 is 0 Å². The third-order valence-corrected chi connectivity index (χ3v) is 4.03. The molecule has 0 aliphatic carbocycles. The van der Waals surface area contributed by atoms with Crippen molar-refractivity contribution in [3.63, 3.8) is 0 Å². The Bertz CT molecular complexity index is 682. The SMILES string of the molecule is Cc1cccc(C(=O)N2C[C@@H](Cc3cc(C)[nH]n3)[C@@H](O)C2)n1. The predicted octanol–water partition coefficient (Wildman–Crippen LogP) is 1.10. The van der Waals surface area contributed by atoms with E-state index in [1.54, 1.807) is 11.0 Å². The van der Waals surface area contributed by atoms with E-state index in [1.807, 2.05) is 32.0 Å². The second-order valence-electron chi connectivity index (χ2n) is 5.95. The van der Waals surface area contributed by atoms with E-state index in [0.29, 0.717) is 25.2 Å². The van der Waals surface area contributed by atoms with Gasteiger partial charge in [0.2, 0.25) is 0 Å². The second kappa shape index (κ2) is 5.88. The maximum absolute atomic E-state index is 12.5. The molecule has 22 heavy (non-hydrogen) atoms. The first-order valence-electron chi connectivity index (χ1n) is 7.45. The van der Waals surface area contributed by atoms with E-state index in [4.69, 9.17) is 0 Å². The van der Waals surface area contributed by atoms with Gasteiger partial charge in [0.05, 0.1) is 11.8 Å². The Morgan fingerprint density at radius 1 is 1.41 bits per heavy atom. The van der Waals surface area contributed by atoms with E-state index >= 15 is 0 Å². The molecule has 0 unspecified atom stereocenters. The number of aromatic amines is 1. The van der Waals surface area contributed by atoms with Crippen molar-refractivity contribution in [1.29, 1.82) is 0 Å². The van der Waals surface area contributed by atoms with Crippen LogP contribution < -0.4 is 0 Å². The zero-order valence-corrected chi connectivity index (χ0v) is 12.8. The molecule has 2 atom stereocenters. The summed E-state index contributed by atoms with van der Waals surface area (Å²) >= 11 is 0. The van der Waals surface area contributed by atoms with Crippen LogP contribution in [0.4, 0.5) is 0 Å². The second-order valence-corrected chi connectivity index (χ2v) is 5.95. The van der Waals surface area contributed by atoms with Crippen LogP contribution in [-0.2, 0) is 6.42 Å². The molecular weight excluding hydrogens is 280 g/mol. The average molecular weight is 300 g/mol. The number of amides is 1. The summed E-state index contributed by atoms with van der Waals surface area (Å²) < 4.78 is 0. The number of pyridine rings is 1. The number of nitrogens with one attached hydrogen (secondary N) is 1. The van der Waals surface area contributed by atoms with Crippen LogP contribution in [0.1, 0.15) is 27.6 Å². The fourth-order valence-corrected chi connectivity index (χ4v) is 2.89. The van der Waals surface area contributed by atoms with Gasteiger partial charge in [0, 0.05) is 30.4 Å². The molecule has 2 N–H and O–H groups in total. The van der Waals surface area contributed by atoms with Gasteiger partial charge in [0.15, 0.2) is 0 Å². The Kier molecular flexibility index (Phi) is 3.94. The van der Waals surface area contributed by atoms with Gasteiger partial charge < -0.3 is 10.0 Å².